The highest BCUT2D eigenvalue weighted by atomic mass is 16.5. The van der Waals surface area contributed by atoms with Gasteiger partial charge in [-0.1, -0.05) is 12.1 Å². The summed E-state index contributed by atoms with van der Waals surface area (Å²) in [7, 11) is 0. The number of ether oxygens (including phenoxy) is 1. The van der Waals surface area contributed by atoms with Crippen LogP contribution in [0.2, 0.25) is 0 Å². The fourth-order valence-corrected chi connectivity index (χ4v) is 1.01. The van der Waals surface area contributed by atoms with E-state index in [1.54, 1.807) is 45.0 Å². The summed E-state index contributed by atoms with van der Waals surface area (Å²) < 4.78 is 5.10. The van der Waals surface area contributed by atoms with Crippen molar-refractivity contribution in [2.75, 3.05) is 0 Å². The minimum atomic E-state index is -0.489. The van der Waals surface area contributed by atoms with Crippen LogP contribution in [0, 0.1) is 5.41 Å². The molecule has 0 saturated heterocycles. The maximum absolute atomic E-state index is 11.4. The van der Waals surface area contributed by atoms with E-state index in [9.17, 15) is 9.90 Å². The van der Waals surface area contributed by atoms with E-state index in [0.717, 1.165) is 5.56 Å². The maximum Gasteiger partial charge on any atom is 0.311 e. The van der Waals surface area contributed by atoms with Crippen LogP contribution in [0.5, 0.6) is 5.75 Å². The Labute approximate surface area is 89.7 Å². The van der Waals surface area contributed by atoms with Gasteiger partial charge in [0.2, 0.25) is 0 Å². The second kappa shape index (κ2) is 4.34. The highest BCUT2D eigenvalue weighted by Crippen LogP contribution is 2.17. The summed E-state index contributed by atoms with van der Waals surface area (Å²) in [6, 6.07) is 6.68. The lowest BCUT2D eigenvalue weighted by Gasteiger charge is -2.16. The Bertz CT molecular complexity index is 350. The van der Waals surface area contributed by atoms with E-state index in [-0.39, 0.29) is 18.3 Å². The molecule has 0 radical (unpaired) electrons. The van der Waals surface area contributed by atoms with E-state index < -0.39 is 5.41 Å². The van der Waals surface area contributed by atoms with Crippen LogP contribution in [0.3, 0.4) is 0 Å². The number of carbonyl (C=O) groups excluding carboxylic acids is 1. The lowest BCUT2D eigenvalue weighted by atomic mass is 9.97. The zero-order chi connectivity index (χ0) is 11.5. The zero-order valence-electron chi connectivity index (χ0n) is 9.28. The summed E-state index contributed by atoms with van der Waals surface area (Å²) in [5.74, 6) is -0.0647. The second-order valence-electron chi connectivity index (χ2n) is 4.50. The van der Waals surface area contributed by atoms with Crippen LogP contribution in [0.4, 0.5) is 0 Å². The first kappa shape index (κ1) is 11.6. The number of rotatable bonds is 2. The molecule has 15 heavy (non-hydrogen) atoms. The van der Waals surface area contributed by atoms with Crippen LogP contribution < -0.4 is 0 Å². The van der Waals surface area contributed by atoms with E-state index >= 15 is 0 Å². The first-order valence-corrected chi connectivity index (χ1v) is 4.85. The van der Waals surface area contributed by atoms with Gasteiger partial charge in [-0.2, -0.15) is 0 Å². The summed E-state index contributed by atoms with van der Waals surface area (Å²) in [6.45, 7) is 5.61. The number of hydrogen-bond acceptors (Lipinski definition) is 3. The van der Waals surface area contributed by atoms with Crippen molar-refractivity contribution in [1.82, 2.24) is 0 Å². The van der Waals surface area contributed by atoms with E-state index in [0.29, 0.717) is 0 Å². The van der Waals surface area contributed by atoms with Crippen molar-refractivity contribution in [2.45, 2.75) is 27.4 Å². The van der Waals surface area contributed by atoms with Gasteiger partial charge in [-0.05, 0) is 38.5 Å². The van der Waals surface area contributed by atoms with Gasteiger partial charge >= 0.3 is 5.97 Å². The van der Waals surface area contributed by atoms with Gasteiger partial charge in [-0.25, -0.2) is 0 Å². The monoisotopic (exact) mass is 208 g/mol. The molecular weight excluding hydrogens is 192 g/mol. The Morgan fingerprint density at radius 2 is 2.07 bits per heavy atom. The molecule has 3 nitrogen and oxygen atoms in total. The van der Waals surface area contributed by atoms with Gasteiger partial charge in [0.1, 0.15) is 12.4 Å². The van der Waals surface area contributed by atoms with E-state index in [2.05, 4.69) is 0 Å². The van der Waals surface area contributed by atoms with E-state index in [1.807, 2.05) is 0 Å². The summed E-state index contributed by atoms with van der Waals surface area (Å²) >= 11 is 0. The molecule has 0 fully saturated rings. The van der Waals surface area contributed by atoms with Crippen LogP contribution in [0.15, 0.2) is 24.3 Å². The standard InChI is InChI=1S/C12H16O3/c1-12(2,3)11(14)15-8-9-5-4-6-10(13)7-9/h4-7,13H,8H2,1-3H3. The summed E-state index contributed by atoms with van der Waals surface area (Å²) in [5.41, 5.74) is 0.296. The van der Waals surface area contributed by atoms with Gasteiger partial charge in [-0.3, -0.25) is 4.79 Å². The Morgan fingerprint density at radius 1 is 1.40 bits per heavy atom. The first-order valence-electron chi connectivity index (χ1n) is 4.85. The average molecular weight is 208 g/mol. The van der Waals surface area contributed by atoms with Crippen LogP contribution in [-0.4, -0.2) is 11.1 Å². The average Bonchev–Trinajstić information content (AvgIpc) is 2.12. The number of esters is 1. The molecule has 0 bridgehead atoms. The smallest absolute Gasteiger partial charge is 0.311 e. The molecule has 0 amide bonds. The van der Waals surface area contributed by atoms with Gasteiger partial charge in [0, 0.05) is 0 Å². The normalized spacial score (nSPS) is 11.1. The van der Waals surface area contributed by atoms with Crippen molar-refractivity contribution >= 4 is 5.97 Å². The molecule has 1 rings (SSSR count). The number of aromatic hydroxyl groups is 1. The molecule has 82 valence electrons. The quantitative estimate of drug-likeness (QED) is 0.759. The Morgan fingerprint density at radius 3 is 2.60 bits per heavy atom. The highest BCUT2D eigenvalue weighted by molar-refractivity contribution is 5.75. The van der Waals surface area contributed by atoms with Crippen LogP contribution in [0.25, 0.3) is 0 Å². The predicted octanol–water partition coefficient (Wildman–Crippen LogP) is 2.48. The molecule has 0 aromatic heterocycles. The van der Waals surface area contributed by atoms with Crippen LogP contribution >= 0.6 is 0 Å². The summed E-state index contributed by atoms with van der Waals surface area (Å²) in [6.07, 6.45) is 0. The molecule has 1 aromatic carbocycles. The molecule has 0 aliphatic carbocycles. The van der Waals surface area contributed by atoms with Gasteiger partial charge in [0.05, 0.1) is 5.41 Å². The molecule has 0 unspecified atom stereocenters. The van der Waals surface area contributed by atoms with Crippen molar-refractivity contribution in [3.8, 4) is 5.75 Å². The fraction of sp³-hybridized carbons (Fsp3) is 0.417. The second-order valence-corrected chi connectivity index (χ2v) is 4.50. The molecule has 0 heterocycles. The van der Waals surface area contributed by atoms with Gasteiger partial charge in [-0.15, -0.1) is 0 Å². The first-order chi connectivity index (χ1) is 6.89. The highest BCUT2D eigenvalue weighted by Gasteiger charge is 2.22. The summed E-state index contributed by atoms with van der Waals surface area (Å²) in [5, 5.41) is 9.20. The Hall–Kier alpha value is -1.51. The number of phenols is 1. The third-order valence-electron chi connectivity index (χ3n) is 1.89. The zero-order valence-corrected chi connectivity index (χ0v) is 9.28. The third kappa shape index (κ3) is 3.62. The van der Waals surface area contributed by atoms with Crippen molar-refractivity contribution in [2.24, 2.45) is 5.41 Å². The van der Waals surface area contributed by atoms with E-state index in [4.69, 9.17) is 4.74 Å². The predicted molar refractivity (Wildman–Crippen MR) is 57.4 cm³/mol. The topological polar surface area (TPSA) is 46.5 Å². The molecule has 0 atom stereocenters. The lowest BCUT2D eigenvalue weighted by Crippen LogP contribution is -2.22. The van der Waals surface area contributed by atoms with Crippen molar-refractivity contribution in [3.63, 3.8) is 0 Å². The molecule has 0 spiro atoms. The maximum atomic E-state index is 11.4. The van der Waals surface area contributed by atoms with Crippen molar-refractivity contribution in [3.05, 3.63) is 29.8 Å². The van der Waals surface area contributed by atoms with Gasteiger partial charge in [0.25, 0.3) is 0 Å². The Kier molecular flexibility index (Phi) is 3.35. The summed E-state index contributed by atoms with van der Waals surface area (Å²) in [4.78, 5) is 11.4. The number of hydrogen-bond donors (Lipinski definition) is 1. The number of carbonyl (C=O) groups is 1. The molecule has 1 N–H and O–H groups in total. The van der Waals surface area contributed by atoms with E-state index in [1.165, 1.54) is 0 Å². The molecule has 0 aliphatic heterocycles. The third-order valence-corrected chi connectivity index (χ3v) is 1.89. The molecule has 3 heteroatoms. The van der Waals surface area contributed by atoms with Gasteiger partial charge in [0.15, 0.2) is 0 Å². The number of phenolic OH excluding ortho intramolecular Hbond substituents is 1. The minimum absolute atomic E-state index is 0.180. The SMILES string of the molecule is CC(C)(C)C(=O)OCc1cccc(O)c1. The van der Waals surface area contributed by atoms with Crippen LogP contribution in [-0.2, 0) is 16.1 Å². The number of benzene rings is 1. The van der Waals surface area contributed by atoms with Crippen LogP contribution in [0.1, 0.15) is 26.3 Å². The minimum Gasteiger partial charge on any atom is -0.508 e. The Balaban J connectivity index is 2.55. The molecule has 0 aliphatic rings. The largest absolute Gasteiger partial charge is 0.508 e. The molecular formula is C12H16O3. The van der Waals surface area contributed by atoms with Crippen molar-refractivity contribution in [1.29, 1.82) is 0 Å². The lowest BCUT2D eigenvalue weighted by molar-refractivity contribution is -0.154. The molecule has 1 aromatic rings. The van der Waals surface area contributed by atoms with Crippen molar-refractivity contribution < 1.29 is 14.6 Å². The fourth-order valence-electron chi connectivity index (χ4n) is 1.01. The molecule has 0 saturated carbocycles. The van der Waals surface area contributed by atoms with Gasteiger partial charge < -0.3 is 9.84 Å².